The quantitative estimate of drug-likeness (QED) is 0.394. The summed E-state index contributed by atoms with van der Waals surface area (Å²) in [6, 6.07) is -0.460. The zero-order chi connectivity index (χ0) is 9.84. The second kappa shape index (κ2) is 4.43. The van der Waals surface area contributed by atoms with Gasteiger partial charge < -0.3 is 14.6 Å². The Labute approximate surface area is 76.1 Å². The van der Waals surface area contributed by atoms with Crippen molar-refractivity contribution < 1.29 is 14.6 Å². The Kier molecular flexibility index (Phi) is 3.50. The van der Waals surface area contributed by atoms with E-state index in [0.29, 0.717) is 6.42 Å². The summed E-state index contributed by atoms with van der Waals surface area (Å²) in [7, 11) is 1.52. The smallest absolute Gasteiger partial charge is 0.158 e. The summed E-state index contributed by atoms with van der Waals surface area (Å²) >= 11 is 0. The summed E-state index contributed by atoms with van der Waals surface area (Å²) < 4.78 is 10.2. The van der Waals surface area contributed by atoms with Crippen molar-refractivity contribution in [2.45, 2.75) is 37.9 Å². The first-order valence-corrected chi connectivity index (χ1v) is 4.09. The monoisotopic (exact) mass is 187 g/mol. The fraction of sp³-hybridized carbons (Fsp3) is 1.00. The van der Waals surface area contributed by atoms with E-state index in [1.165, 1.54) is 7.11 Å². The van der Waals surface area contributed by atoms with Crippen LogP contribution in [0.25, 0.3) is 10.4 Å². The standard InChI is InChI=1S/C7H13N3O3/c1-4-7(11)5(9-10-8)3-6(12-2)13-4/h4-7,11H,3H2,1-2H3/t4?,5-,6+,7-/m1/s1. The number of rotatable bonds is 2. The predicted molar refractivity (Wildman–Crippen MR) is 44.9 cm³/mol. The molecule has 4 atom stereocenters. The highest BCUT2D eigenvalue weighted by atomic mass is 16.7. The molecule has 1 saturated heterocycles. The number of ether oxygens (including phenoxy) is 2. The van der Waals surface area contributed by atoms with Crippen LogP contribution < -0.4 is 0 Å². The molecule has 0 aromatic carbocycles. The molecule has 1 rings (SSSR count). The van der Waals surface area contributed by atoms with Crippen LogP contribution in [-0.4, -0.2) is 36.8 Å². The molecule has 1 fully saturated rings. The zero-order valence-corrected chi connectivity index (χ0v) is 7.62. The number of nitrogens with zero attached hydrogens (tertiary/aromatic N) is 3. The van der Waals surface area contributed by atoms with Crippen LogP contribution in [0.4, 0.5) is 0 Å². The second-order valence-electron chi connectivity index (χ2n) is 3.01. The van der Waals surface area contributed by atoms with Crippen LogP contribution in [0.5, 0.6) is 0 Å². The van der Waals surface area contributed by atoms with E-state index >= 15 is 0 Å². The van der Waals surface area contributed by atoms with Crippen molar-refractivity contribution in [3.63, 3.8) is 0 Å². The molecule has 0 radical (unpaired) electrons. The molecule has 1 unspecified atom stereocenters. The van der Waals surface area contributed by atoms with Crippen molar-refractivity contribution >= 4 is 0 Å². The molecule has 0 aromatic heterocycles. The van der Waals surface area contributed by atoms with Gasteiger partial charge in [-0.1, -0.05) is 5.11 Å². The maximum Gasteiger partial charge on any atom is 0.158 e. The fourth-order valence-electron chi connectivity index (χ4n) is 1.36. The van der Waals surface area contributed by atoms with Gasteiger partial charge in [0.15, 0.2) is 6.29 Å². The van der Waals surface area contributed by atoms with Crippen LogP contribution in [0.3, 0.4) is 0 Å². The van der Waals surface area contributed by atoms with E-state index in [4.69, 9.17) is 15.0 Å². The molecule has 1 heterocycles. The van der Waals surface area contributed by atoms with Gasteiger partial charge >= 0.3 is 0 Å². The summed E-state index contributed by atoms with van der Waals surface area (Å²) in [4.78, 5) is 2.67. The van der Waals surface area contributed by atoms with Crippen molar-refractivity contribution in [2.75, 3.05) is 7.11 Å². The predicted octanol–water partition coefficient (Wildman–Crippen LogP) is 0.807. The first-order valence-electron chi connectivity index (χ1n) is 4.09. The third-order valence-electron chi connectivity index (χ3n) is 2.14. The number of aliphatic hydroxyl groups is 1. The molecule has 0 spiro atoms. The topological polar surface area (TPSA) is 87.5 Å². The largest absolute Gasteiger partial charge is 0.390 e. The minimum absolute atomic E-state index is 0.366. The molecule has 1 N–H and O–H groups in total. The Morgan fingerprint density at radius 2 is 2.38 bits per heavy atom. The molecular weight excluding hydrogens is 174 g/mol. The van der Waals surface area contributed by atoms with E-state index < -0.39 is 18.4 Å². The van der Waals surface area contributed by atoms with E-state index in [1.54, 1.807) is 6.92 Å². The van der Waals surface area contributed by atoms with Crippen LogP contribution in [-0.2, 0) is 9.47 Å². The average molecular weight is 187 g/mol. The third-order valence-corrected chi connectivity index (χ3v) is 2.14. The molecule has 0 saturated carbocycles. The van der Waals surface area contributed by atoms with Gasteiger partial charge in [0.2, 0.25) is 0 Å². The van der Waals surface area contributed by atoms with E-state index in [2.05, 4.69) is 10.0 Å². The third kappa shape index (κ3) is 2.32. The Bertz CT molecular complexity index is 217. The van der Waals surface area contributed by atoms with Gasteiger partial charge in [-0.05, 0) is 12.5 Å². The van der Waals surface area contributed by atoms with Gasteiger partial charge in [0.1, 0.15) is 0 Å². The minimum Gasteiger partial charge on any atom is -0.390 e. The maximum atomic E-state index is 9.54. The second-order valence-corrected chi connectivity index (χ2v) is 3.01. The van der Waals surface area contributed by atoms with Crippen molar-refractivity contribution in [1.29, 1.82) is 0 Å². The van der Waals surface area contributed by atoms with Crippen molar-refractivity contribution in [1.82, 2.24) is 0 Å². The van der Waals surface area contributed by atoms with Crippen LogP contribution in [0, 0.1) is 0 Å². The lowest BCUT2D eigenvalue weighted by Gasteiger charge is -2.34. The van der Waals surface area contributed by atoms with Crippen LogP contribution in [0.1, 0.15) is 13.3 Å². The Balaban J connectivity index is 2.65. The molecular formula is C7H13N3O3. The average Bonchev–Trinajstić information content (AvgIpc) is 2.13. The summed E-state index contributed by atoms with van der Waals surface area (Å²) in [5.41, 5.74) is 8.25. The SMILES string of the molecule is CO[C@@H]1C[C@@H](N=[N+]=[N-])[C@H](O)C(C)O1. The lowest BCUT2D eigenvalue weighted by Crippen LogP contribution is -2.46. The maximum absolute atomic E-state index is 9.54. The molecule has 13 heavy (non-hydrogen) atoms. The molecule has 0 amide bonds. The highest BCUT2D eigenvalue weighted by Gasteiger charge is 2.34. The van der Waals surface area contributed by atoms with E-state index in [9.17, 15) is 5.11 Å². The molecule has 6 nitrogen and oxygen atoms in total. The molecule has 0 bridgehead atoms. The Morgan fingerprint density at radius 3 is 2.92 bits per heavy atom. The first-order chi connectivity index (χ1) is 6.19. The van der Waals surface area contributed by atoms with E-state index in [-0.39, 0.29) is 6.10 Å². The molecule has 1 aliphatic rings. The number of aliphatic hydroxyl groups excluding tert-OH is 1. The van der Waals surface area contributed by atoms with Gasteiger partial charge in [-0.3, -0.25) is 0 Å². The number of methoxy groups -OCH3 is 1. The van der Waals surface area contributed by atoms with E-state index in [0.717, 1.165) is 0 Å². The lowest BCUT2D eigenvalue weighted by atomic mass is 10.0. The fourth-order valence-corrected chi connectivity index (χ4v) is 1.36. The first kappa shape index (κ1) is 10.3. The number of azide groups is 1. The molecule has 74 valence electrons. The molecule has 0 aromatic rings. The summed E-state index contributed by atoms with van der Waals surface area (Å²) in [5, 5.41) is 13.0. The highest BCUT2D eigenvalue weighted by molar-refractivity contribution is 4.85. The van der Waals surface area contributed by atoms with Gasteiger partial charge in [-0.15, -0.1) is 0 Å². The summed E-state index contributed by atoms with van der Waals surface area (Å²) in [5.74, 6) is 0. The van der Waals surface area contributed by atoms with Gasteiger partial charge in [0.25, 0.3) is 0 Å². The molecule has 6 heteroatoms. The van der Waals surface area contributed by atoms with Crippen LogP contribution >= 0.6 is 0 Å². The van der Waals surface area contributed by atoms with Crippen LogP contribution in [0.15, 0.2) is 5.11 Å². The van der Waals surface area contributed by atoms with E-state index in [1.807, 2.05) is 0 Å². The Morgan fingerprint density at radius 1 is 1.69 bits per heavy atom. The number of hydrogen-bond donors (Lipinski definition) is 1. The van der Waals surface area contributed by atoms with Gasteiger partial charge in [-0.25, -0.2) is 0 Å². The van der Waals surface area contributed by atoms with Gasteiger partial charge in [0.05, 0.1) is 18.2 Å². The lowest BCUT2D eigenvalue weighted by molar-refractivity contribution is -0.211. The normalized spacial score (nSPS) is 39.6. The van der Waals surface area contributed by atoms with Crippen molar-refractivity contribution in [3.05, 3.63) is 10.4 Å². The van der Waals surface area contributed by atoms with Gasteiger partial charge in [0, 0.05) is 18.4 Å². The number of hydrogen-bond acceptors (Lipinski definition) is 4. The van der Waals surface area contributed by atoms with Gasteiger partial charge in [-0.2, -0.15) is 0 Å². The van der Waals surface area contributed by atoms with Crippen LogP contribution in [0.2, 0.25) is 0 Å². The molecule has 1 aliphatic heterocycles. The van der Waals surface area contributed by atoms with Crippen molar-refractivity contribution in [2.24, 2.45) is 5.11 Å². The minimum atomic E-state index is -0.748. The Hall–Kier alpha value is -0.810. The zero-order valence-electron chi connectivity index (χ0n) is 7.62. The summed E-state index contributed by atoms with van der Waals surface area (Å²) in [6.45, 7) is 1.72. The highest BCUT2D eigenvalue weighted by Crippen LogP contribution is 2.22. The van der Waals surface area contributed by atoms with Crippen molar-refractivity contribution in [3.8, 4) is 0 Å². The molecule has 0 aliphatic carbocycles. The summed E-state index contributed by atoms with van der Waals surface area (Å²) in [6.07, 6.45) is -1.11.